The number of carbonyl (C=O) groups excluding carboxylic acids is 1. The summed E-state index contributed by atoms with van der Waals surface area (Å²) in [6.07, 6.45) is 6.35. The number of morpholine rings is 1. The summed E-state index contributed by atoms with van der Waals surface area (Å²) < 4.78 is 5.14. The molecule has 3 unspecified atom stereocenters. The van der Waals surface area contributed by atoms with Crippen LogP contribution in [0.3, 0.4) is 0 Å². The van der Waals surface area contributed by atoms with Crippen molar-refractivity contribution in [2.45, 2.75) is 43.0 Å². The first kappa shape index (κ1) is 15.4. The average Bonchev–Trinajstić information content (AvgIpc) is 2.47. The number of ether oxygens (including phenoxy) is 1. The van der Waals surface area contributed by atoms with Crippen molar-refractivity contribution in [3.63, 3.8) is 0 Å². The van der Waals surface area contributed by atoms with Crippen molar-refractivity contribution in [3.05, 3.63) is 0 Å². The predicted octanol–water partition coefficient (Wildman–Crippen LogP) is 1.16. The molecule has 2 N–H and O–H groups in total. The fourth-order valence-corrected chi connectivity index (χ4v) is 3.63. The summed E-state index contributed by atoms with van der Waals surface area (Å²) >= 11 is 1.84. The lowest BCUT2D eigenvalue weighted by Crippen LogP contribution is -2.57. The molecule has 2 amide bonds. The van der Waals surface area contributed by atoms with E-state index < -0.39 is 12.0 Å². The molecule has 7 heteroatoms. The summed E-state index contributed by atoms with van der Waals surface area (Å²) in [5.74, 6) is -1.01. The summed E-state index contributed by atoms with van der Waals surface area (Å²) in [7, 11) is 0. The van der Waals surface area contributed by atoms with Gasteiger partial charge >= 0.3 is 12.0 Å². The van der Waals surface area contributed by atoms with Crippen LogP contribution in [0.2, 0.25) is 0 Å². The molecule has 1 saturated heterocycles. The van der Waals surface area contributed by atoms with Crippen molar-refractivity contribution in [1.82, 2.24) is 10.2 Å². The van der Waals surface area contributed by atoms with Crippen molar-refractivity contribution >= 4 is 23.8 Å². The number of nitrogens with one attached hydrogen (secondary N) is 1. The van der Waals surface area contributed by atoms with Crippen molar-refractivity contribution in [3.8, 4) is 0 Å². The summed E-state index contributed by atoms with van der Waals surface area (Å²) in [5.41, 5.74) is 0. The van der Waals surface area contributed by atoms with Gasteiger partial charge in [0.2, 0.25) is 0 Å². The Morgan fingerprint density at radius 2 is 2.20 bits per heavy atom. The first-order valence-corrected chi connectivity index (χ1v) is 8.31. The number of hydrogen-bond donors (Lipinski definition) is 2. The van der Waals surface area contributed by atoms with Gasteiger partial charge in [-0.25, -0.2) is 9.59 Å². The van der Waals surface area contributed by atoms with Gasteiger partial charge in [-0.1, -0.05) is 6.42 Å². The summed E-state index contributed by atoms with van der Waals surface area (Å²) in [6.45, 7) is 0.803. The molecule has 114 valence electrons. The number of amides is 2. The van der Waals surface area contributed by atoms with E-state index >= 15 is 0 Å². The fraction of sp³-hybridized carbons (Fsp3) is 0.846. The van der Waals surface area contributed by atoms with Gasteiger partial charge in [0.15, 0.2) is 6.04 Å². The molecule has 1 saturated carbocycles. The Hall–Kier alpha value is -0.950. The number of nitrogens with zero attached hydrogens (tertiary/aromatic N) is 1. The highest BCUT2D eigenvalue weighted by Gasteiger charge is 2.34. The van der Waals surface area contributed by atoms with E-state index in [2.05, 4.69) is 11.6 Å². The van der Waals surface area contributed by atoms with E-state index in [1.807, 2.05) is 11.8 Å². The molecule has 2 rings (SSSR count). The number of urea groups is 1. The maximum Gasteiger partial charge on any atom is 0.328 e. The van der Waals surface area contributed by atoms with E-state index in [1.54, 1.807) is 0 Å². The number of hydrogen-bond acceptors (Lipinski definition) is 4. The van der Waals surface area contributed by atoms with Crippen LogP contribution in [-0.2, 0) is 9.53 Å². The molecule has 1 aliphatic carbocycles. The average molecular weight is 302 g/mol. The summed E-state index contributed by atoms with van der Waals surface area (Å²) in [6, 6.07) is -0.984. The Labute approximate surface area is 123 Å². The second-order valence-electron chi connectivity index (χ2n) is 5.29. The largest absolute Gasteiger partial charge is 0.480 e. The zero-order valence-electron chi connectivity index (χ0n) is 11.7. The van der Waals surface area contributed by atoms with Gasteiger partial charge in [0.05, 0.1) is 13.2 Å². The summed E-state index contributed by atoms with van der Waals surface area (Å²) in [5, 5.41) is 12.7. The van der Waals surface area contributed by atoms with E-state index in [0.29, 0.717) is 18.4 Å². The van der Waals surface area contributed by atoms with Gasteiger partial charge in [-0.15, -0.1) is 0 Å². The molecule has 2 aliphatic rings. The molecule has 0 aromatic rings. The van der Waals surface area contributed by atoms with Crippen molar-refractivity contribution < 1.29 is 19.4 Å². The smallest absolute Gasteiger partial charge is 0.328 e. The molecule has 20 heavy (non-hydrogen) atoms. The Bertz CT molecular complexity index is 366. The Kier molecular flexibility index (Phi) is 5.54. The lowest BCUT2D eigenvalue weighted by molar-refractivity contribution is -0.147. The number of rotatable bonds is 3. The van der Waals surface area contributed by atoms with Crippen LogP contribution in [-0.4, -0.2) is 65.4 Å². The lowest BCUT2D eigenvalue weighted by atomic mass is 9.95. The lowest BCUT2D eigenvalue weighted by Gasteiger charge is -2.35. The minimum atomic E-state index is -1.01. The van der Waals surface area contributed by atoms with Gasteiger partial charge in [0.25, 0.3) is 0 Å². The molecule has 0 aromatic carbocycles. The van der Waals surface area contributed by atoms with Gasteiger partial charge in [-0.05, 0) is 25.5 Å². The number of carbonyl (C=O) groups is 2. The molecule has 3 atom stereocenters. The quantitative estimate of drug-likeness (QED) is 0.818. The predicted molar refractivity (Wildman–Crippen MR) is 77.0 cm³/mol. The monoisotopic (exact) mass is 302 g/mol. The highest BCUT2D eigenvalue weighted by molar-refractivity contribution is 7.99. The van der Waals surface area contributed by atoms with E-state index in [-0.39, 0.29) is 18.7 Å². The molecule has 0 bridgehead atoms. The third-order valence-corrected chi connectivity index (χ3v) is 5.06. The van der Waals surface area contributed by atoms with E-state index in [1.165, 1.54) is 11.3 Å². The molecule has 2 fully saturated rings. The third-order valence-electron chi connectivity index (χ3n) is 3.96. The molecular formula is C13H22N2O4S. The number of thioether (sulfide) groups is 1. The molecule has 1 heterocycles. The normalized spacial score (nSPS) is 30.9. The van der Waals surface area contributed by atoms with E-state index in [0.717, 1.165) is 19.3 Å². The first-order valence-electron chi connectivity index (χ1n) is 7.02. The summed E-state index contributed by atoms with van der Waals surface area (Å²) in [4.78, 5) is 24.8. The zero-order valence-corrected chi connectivity index (χ0v) is 12.5. The van der Waals surface area contributed by atoms with Crippen LogP contribution in [0, 0.1) is 0 Å². The Morgan fingerprint density at radius 3 is 2.90 bits per heavy atom. The second-order valence-corrected chi connectivity index (χ2v) is 6.43. The third kappa shape index (κ3) is 3.79. The molecule has 0 spiro atoms. The maximum atomic E-state index is 12.3. The van der Waals surface area contributed by atoms with Crippen LogP contribution in [0.15, 0.2) is 0 Å². The van der Waals surface area contributed by atoms with Crippen LogP contribution in [0.1, 0.15) is 25.7 Å². The number of carboxylic acid groups (broad SMARTS) is 1. The van der Waals surface area contributed by atoms with Crippen molar-refractivity contribution in [1.29, 1.82) is 0 Å². The van der Waals surface area contributed by atoms with Crippen LogP contribution in [0.4, 0.5) is 4.79 Å². The minimum Gasteiger partial charge on any atom is -0.480 e. The van der Waals surface area contributed by atoms with Crippen LogP contribution in [0.5, 0.6) is 0 Å². The van der Waals surface area contributed by atoms with Gasteiger partial charge in [-0.3, -0.25) is 0 Å². The van der Waals surface area contributed by atoms with Gasteiger partial charge < -0.3 is 20.1 Å². The van der Waals surface area contributed by atoms with Gasteiger partial charge in [0.1, 0.15) is 0 Å². The second kappa shape index (κ2) is 7.17. The molecule has 6 nitrogen and oxygen atoms in total. The highest BCUT2D eigenvalue weighted by Crippen LogP contribution is 2.27. The zero-order chi connectivity index (χ0) is 14.5. The first-order chi connectivity index (χ1) is 9.61. The maximum absolute atomic E-state index is 12.3. The fourth-order valence-electron chi connectivity index (χ4n) is 2.80. The Morgan fingerprint density at radius 1 is 1.40 bits per heavy atom. The van der Waals surface area contributed by atoms with Crippen molar-refractivity contribution in [2.24, 2.45) is 0 Å². The number of carboxylic acids is 1. The van der Waals surface area contributed by atoms with Crippen LogP contribution < -0.4 is 5.32 Å². The highest BCUT2D eigenvalue weighted by atomic mass is 32.2. The van der Waals surface area contributed by atoms with Gasteiger partial charge in [-0.2, -0.15) is 11.8 Å². The molecular weight excluding hydrogens is 280 g/mol. The topological polar surface area (TPSA) is 78.9 Å². The Balaban J connectivity index is 1.91. The van der Waals surface area contributed by atoms with E-state index in [9.17, 15) is 9.59 Å². The van der Waals surface area contributed by atoms with Crippen LogP contribution >= 0.6 is 11.8 Å². The minimum absolute atomic E-state index is 0.0703. The molecule has 0 aromatic heterocycles. The van der Waals surface area contributed by atoms with E-state index in [4.69, 9.17) is 9.84 Å². The van der Waals surface area contributed by atoms with Gasteiger partial charge in [0, 0.05) is 17.8 Å². The number of aliphatic carboxylic acids is 1. The van der Waals surface area contributed by atoms with Crippen molar-refractivity contribution in [2.75, 3.05) is 26.0 Å². The molecule has 1 aliphatic heterocycles. The van der Waals surface area contributed by atoms with Crippen LogP contribution in [0.25, 0.3) is 0 Å². The standard InChI is InChI=1S/C13H22N2O4S/c1-20-10-4-2-3-9(7-10)14-13(18)15-5-6-19-8-11(15)12(16)17/h9-11H,2-8H2,1H3,(H,14,18)(H,16,17). The molecule has 0 radical (unpaired) electrons. The SMILES string of the molecule is CSC1CCCC(NC(=O)N2CCOCC2C(=O)O)C1.